The molecule has 0 saturated heterocycles. The van der Waals surface area contributed by atoms with Gasteiger partial charge in [-0.3, -0.25) is 14.4 Å². The molecule has 0 fully saturated rings. The molecule has 8 N–H and O–H groups in total. The van der Waals surface area contributed by atoms with Gasteiger partial charge in [0, 0.05) is 5.75 Å². The van der Waals surface area contributed by atoms with Crippen molar-refractivity contribution in [3.8, 4) is 5.75 Å². The molecule has 34 heavy (non-hydrogen) atoms. The van der Waals surface area contributed by atoms with Crippen LogP contribution in [0.4, 0.5) is 0 Å². The Morgan fingerprint density at radius 1 is 0.971 bits per heavy atom. The van der Waals surface area contributed by atoms with Gasteiger partial charge in [0.15, 0.2) is 0 Å². The summed E-state index contributed by atoms with van der Waals surface area (Å²) in [6.45, 7) is 4.75. The molecule has 0 bridgehead atoms. The number of benzene rings is 1. The van der Waals surface area contributed by atoms with E-state index in [4.69, 9.17) is 5.73 Å². The third-order valence-corrected chi connectivity index (χ3v) is 5.75. The fraction of sp³-hybridized carbons (Fsp3) is 0.545. The van der Waals surface area contributed by atoms with Gasteiger partial charge in [-0.15, -0.1) is 0 Å². The maximum atomic E-state index is 12.7. The highest BCUT2D eigenvalue weighted by Crippen LogP contribution is 2.11. The zero-order chi connectivity index (χ0) is 26.0. The lowest BCUT2D eigenvalue weighted by atomic mass is 9.99. The fourth-order valence-electron chi connectivity index (χ4n) is 3.04. The number of carboxylic acids is 1. The van der Waals surface area contributed by atoms with Crippen molar-refractivity contribution in [3.63, 3.8) is 0 Å². The summed E-state index contributed by atoms with van der Waals surface area (Å²) in [5, 5.41) is 35.9. The Kier molecular flexibility index (Phi) is 11.8. The van der Waals surface area contributed by atoms with E-state index in [1.54, 1.807) is 26.0 Å². The molecule has 0 spiro atoms. The molecule has 1 rings (SSSR count). The molecule has 6 unspecified atom stereocenters. The summed E-state index contributed by atoms with van der Waals surface area (Å²) in [5.74, 6) is -3.95. The van der Waals surface area contributed by atoms with Crippen LogP contribution >= 0.6 is 12.6 Å². The second kappa shape index (κ2) is 13.8. The number of amides is 3. The molecule has 6 atom stereocenters. The van der Waals surface area contributed by atoms with Crippen LogP contribution in [0.1, 0.15) is 32.8 Å². The van der Waals surface area contributed by atoms with Crippen LogP contribution in [0.5, 0.6) is 5.75 Å². The Hall–Kier alpha value is -2.83. The normalized spacial score (nSPS) is 16.3. The lowest BCUT2D eigenvalue weighted by Crippen LogP contribution is -2.60. The molecule has 0 aliphatic heterocycles. The van der Waals surface area contributed by atoms with Gasteiger partial charge in [0.2, 0.25) is 17.7 Å². The van der Waals surface area contributed by atoms with Crippen LogP contribution in [-0.4, -0.2) is 75.0 Å². The van der Waals surface area contributed by atoms with E-state index in [0.717, 1.165) is 0 Å². The number of aliphatic carboxylic acids is 1. The van der Waals surface area contributed by atoms with Crippen LogP contribution in [0, 0.1) is 5.92 Å². The number of rotatable bonds is 13. The van der Waals surface area contributed by atoms with Crippen LogP contribution in [0.15, 0.2) is 24.3 Å². The van der Waals surface area contributed by atoms with Crippen molar-refractivity contribution in [3.05, 3.63) is 29.8 Å². The number of phenolic OH excluding ortho intramolecular Hbond substituents is 1. The van der Waals surface area contributed by atoms with Gasteiger partial charge in [-0.05, 0) is 37.0 Å². The number of phenols is 1. The van der Waals surface area contributed by atoms with E-state index in [1.807, 2.05) is 0 Å². The minimum absolute atomic E-state index is 0.0641. The predicted molar refractivity (Wildman–Crippen MR) is 128 cm³/mol. The highest BCUT2D eigenvalue weighted by Gasteiger charge is 2.33. The number of carboxylic acid groups (broad SMARTS) is 1. The third-order valence-electron chi connectivity index (χ3n) is 5.38. The highest BCUT2D eigenvalue weighted by atomic mass is 32.1. The van der Waals surface area contributed by atoms with E-state index in [0.29, 0.717) is 12.0 Å². The first-order valence-electron chi connectivity index (χ1n) is 10.9. The van der Waals surface area contributed by atoms with Crippen LogP contribution in [0.25, 0.3) is 0 Å². The molecule has 0 saturated carbocycles. The van der Waals surface area contributed by atoms with Crippen molar-refractivity contribution in [1.29, 1.82) is 0 Å². The van der Waals surface area contributed by atoms with Crippen molar-refractivity contribution in [2.24, 2.45) is 11.7 Å². The Labute approximate surface area is 203 Å². The highest BCUT2D eigenvalue weighted by molar-refractivity contribution is 7.80. The van der Waals surface area contributed by atoms with Crippen molar-refractivity contribution in [2.45, 2.75) is 63.9 Å². The number of nitrogens with two attached hydrogens (primary N) is 1. The number of aliphatic hydroxyl groups excluding tert-OH is 1. The van der Waals surface area contributed by atoms with Crippen LogP contribution < -0.4 is 21.7 Å². The van der Waals surface area contributed by atoms with Crippen LogP contribution in [0.2, 0.25) is 0 Å². The topological polar surface area (TPSA) is 191 Å². The second-order valence-electron chi connectivity index (χ2n) is 8.16. The SMILES string of the molecule is CCC(C)C(NC(=O)C(CS)NC(=O)C(NC(=O)C(N)Cc1ccc(O)cc1)C(C)O)C(=O)O. The van der Waals surface area contributed by atoms with Crippen LogP contribution in [0.3, 0.4) is 0 Å². The molecule has 1 aromatic carbocycles. The Morgan fingerprint density at radius 2 is 1.53 bits per heavy atom. The molecular weight excluding hydrogens is 464 g/mol. The molecule has 0 aliphatic carbocycles. The number of hydrogen-bond acceptors (Lipinski definition) is 8. The largest absolute Gasteiger partial charge is 0.508 e. The summed E-state index contributed by atoms with van der Waals surface area (Å²) in [5.41, 5.74) is 6.60. The Morgan fingerprint density at radius 3 is 2.00 bits per heavy atom. The van der Waals surface area contributed by atoms with Gasteiger partial charge in [-0.2, -0.15) is 12.6 Å². The van der Waals surface area contributed by atoms with E-state index in [2.05, 4.69) is 28.6 Å². The number of aromatic hydroxyl groups is 1. The smallest absolute Gasteiger partial charge is 0.326 e. The molecule has 0 aromatic heterocycles. The van der Waals surface area contributed by atoms with Crippen LogP contribution in [-0.2, 0) is 25.6 Å². The second-order valence-corrected chi connectivity index (χ2v) is 8.52. The third kappa shape index (κ3) is 8.84. The minimum atomic E-state index is -1.42. The molecule has 0 heterocycles. The number of nitrogens with one attached hydrogen (secondary N) is 3. The number of hydrogen-bond donors (Lipinski definition) is 8. The maximum Gasteiger partial charge on any atom is 0.326 e. The van der Waals surface area contributed by atoms with E-state index in [9.17, 15) is 34.5 Å². The molecule has 11 nitrogen and oxygen atoms in total. The molecule has 0 aliphatic rings. The number of aliphatic hydroxyl groups is 1. The maximum absolute atomic E-state index is 12.7. The molecule has 0 radical (unpaired) electrons. The van der Waals surface area contributed by atoms with Crippen molar-refractivity contribution in [2.75, 3.05) is 5.75 Å². The van der Waals surface area contributed by atoms with Gasteiger partial charge in [-0.1, -0.05) is 32.4 Å². The number of thiol groups is 1. The predicted octanol–water partition coefficient (Wildman–Crippen LogP) is -0.842. The van der Waals surface area contributed by atoms with Gasteiger partial charge in [0.25, 0.3) is 0 Å². The zero-order valence-electron chi connectivity index (χ0n) is 19.4. The number of carbonyl (C=O) groups is 4. The molecule has 3 amide bonds. The first-order chi connectivity index (χ1) is 15.9. The average molecular weight is 499 g/mol. The lowest BCUT2D eigenvalue weighted by Gasteiger charge is -2.26. The van der Waals surface area contributed by atoms with Gasteiger partial charge < -0.3 is 37.0 Å². The average Bonchev–Trinajstić information content (AvgIpc) is 2.79. The van der Waals surface area contributed by atoms with Crippen molar-refractivity contribution < 1.29 is 34.5 Å². The quantitative estimate of drug-likeness (QED) is 0.161. The minimum Gasteiger partial charge on any atom is -0.508 e. The summed E-state index contributed by atoms with van der Waals surface area (Å²) in [6.07, 6.45) is -0.690. The van der Waals surface area contributed by atoms with E-state index in [1.165, 1.54) is 19.1 Å². The van der Waals surface area contributed by atoms with E-state index >= 15 is 0 Å². The Bertz CT molecular complexity index is 850. The van der Waals surface area contributed by atoms with Gasteiger partial charge in [-0.25, -0.2) is 4.79 Å². The summed E-state index contributed by atoms with van der Waals surface area (Å²) in [4.78, 5) is 49.3. The standard InChI is InChI=1S/C22H34N4O7S/c1-4-11(2)17(22(32)33)25-20(30)16(10-34)24-21(31)18(12(3)27)26-19(29)15(23)9-13-5-7-14(28)8-6-13/h5-8,11-12,15-18,27-28,34H,4,9-10,23H2,1-3H3,(H,24,31)(H,25,30)(H,26,29)(H,32,33). The lowest BCUT2D eigenvalue weighted by molar-refractivity contribution is -0.143. The van der Waals surface area contributed by atoms with Crippen molar-refractivity contribution in [1.82, 2.24) is 16.0 Å². The summed E-state index contributed by atoms with van der Waals surface area (Å²) in [7, 11) is 0. The summed E-state index contributed by atoms with van der Waals surface area (Å²) < 4.78 is 0. The fourth-order valence-corrected chi connectivity index (χ4v) is 3.29. The first kappa shape index (κ1) is 29.2. The summed E-state index contributed by atoms with van der Waals surface area (Å²) in [6, 6.07) is 1.28. The number of carbonyl (C=O) groups excluding carboxylic acids is 3. The van der Waals surface area contributed by atoms with Gasteiger partial charge in [0.1, 0.15) is 23.9 Å². The first-order valence-corrected chi connectivity index (χ1v) is 11.5. The molecule has 12 heteroatoms. The molecular formula is C22H34N4O7S. The monoisotopic (exact) mass is 498 g/mol. The Balaban J connectivity index is 2.82. The zero-order valence-corrected chi connectivity index (χ0v) is 20.3. The van der Waals surface area contributed by atoms with Gasteiger partial charge >= 0.3 is 5.97 Å². The van der Waals surface area contributed by atoms with Gasteiger partial charge in [0.05, 0.1) is 12.1 Å². The molecule has 1 aromatic rings. The van der Waals surface area contributed by atoms with E-state index in [-0.39, 0.29) is 23.8 Å². The van der Waals surface area contributed by atoms with E-state index < -0.39 is 54.0 Å². The summed E-state index contributed by atoms with van der Waals surface area (Å²) >= 11 is 4.05. The molecule has 190 valence electrons. The van der Waals surface area contributed by atoms with Crippen molar-refractivity contribution >= 4 is 36.3 Å².